The molecule has 0 spiro atoms. The lowest BCUT2D eigenvalue weighted by Gasteiger charge is -2.43. The van der Waals surface area contributed by atoms with Crippen LogP contribution in [0.1, 0.15) is 42.9 Å². The van der Waals surface area contributed by atoms with E-state index >= 15 is 4.39 Å². The molecule has 33 heavy (non-hydrogen) atoms. The molecule has 2 fully saturated rings. The van der Waals surface area contributed by atoms with Crippen molar-refractivity contribution in [3.05, 3.63) is 41.6 Å². The number of hydrogen-bond donors (Lipinski definition) is 4. The molecule has 3 aromatic rings. The first-order valence-corrected chi connectivity index (χ1v) is 11.2. The average Bonchev–Trinajstić information content (AvgIpc) is 2.75. The Morgan fingerprint density at radius 3 is 2.76 bits per heavy atom. The van der Waals surface area contributed by atoms with Gasteiger partial charge in [-0.3, -0.25) is 10.3 Å². The lowest BCUT2D eigenvalue weighted by molar-refractivity contribution is -0.0308. The summed E-state index contributed by atoms with van der Waals surface area (Å²) < 4.78 is 20.6. The predicted molar refractivity (Wildman–Crippen MR) is 123 cm³/mol. The molecule has 2 bridgehead atoms. The summed E-state index contributed by atoms with van der Waals surface area (Å²) >= 11 is 0. The molecule has 2 aliphatic heterocycles. The average molecular weight is 449 g/mol. The zero-order valence-corrected chi connectivity index (χ0v) is 18.1. The number of nitrogens with two attached hydrogens (primary N) is 1. The van der Waals surface area contributed by atoms with Gasteiger partial charge in [0.15, 0.2) is 5.82 Å². The van der Waals surface area contributed by atoms with Gasteiger partial charge < -0.3 is 20.9 Å². The van der Waals surface area contributed by atoms with Crippen LogP contribution >= 0.6 is 0 Å². The predicted octanol–water partition coefficient (Wildman–Crippen LogP) is 4.07. The van der Waals surface area contributed by atoms with Crippen molar-refractivity contribution in [1.29, 1.82) is 0 Å². The Kier molecular flexibility index (Phi) is 4.45. The Labute approximate surface area is 189 Å². The summed E-state index contributed by atoms with van der Waals surface area (Å²) in [6.07, 6.45) is 4.87. The second-order valence-corrected chi connectivity index (χ2v) is 9.29. The van der Waals surface area contributed by atoms with Crippen molar-refractivity contribution >= 4 is 34.1 Å². The molecule has 4 heterocycles. The summed E-state index contributed by atoms with van der Waals surface area (Å²) in [5.41, 5.74) is 10.2. The smallest absolute Gasteiger partial charge is 0.413 e. The molecule has 1 aromatic carbocycles. The second kappa shape index (κ2) is 7.28. The number of pyridine rings is 2. The van der Waals surface area contributed by atoms with Gasteiger partial charge in [-0.15, -0.1) is 0 Å². The van der Waals surface area contributed by atoms with E-state index in [0.29, 0.717) is 46.7 Å². The van der Waals surface area contributed by atoms with Gasteiger partial charge >= 0.3 is 6.09 Å². The van der Waals surface area contributed by atoms with Crippen LogP contribution in [0.3, 0.4) is 0 Å². The number of nitrogen functional groups attached to an aromatic ring is 1. The fourth-order valence-corrected chi connectivity index (χ4v) is 5.03. The van der Waals surface area contributed by atoms with Crippen LogP contribution in [0.2, 0.25) is 0 Å². The lowest BCUT2D eigenvalue weighted by atomic mass is 9.73. The first-order chi connectivity index (χ1) is 15.9. The van der Waals surface area contributed by atoms with Gasteiger partial charge in [-0.25, -0.2) is 14.2 Å². The number of hydrogen-bond acceptors (Lipinski definition) is 7. The molecule has 0 saturated heterocycles. The number of fused-ring (bicyclic) bond motifs is 1. The Bertz CT molecular complexity index is 1300. The van der Waals surface area contributed by atoms with Crippen molar-refractivity contribution < 1.29 is 19.0 Å². The van der Waals surface area contributed by atoms with Crippen LogP contribution in [0.5, 0.6) is 0 Å². The van der Waals surface area contributed by atoms with Crippen LogP contribution in [0.15, 0.2) is 24.5 Å². The summed E-state index contributed by atoms with van der Waals surface area (Å²) in [6, 6.07) is 3.81. The third kappa shape index (κ3) is 3.26. The van der Waals surface area contributed by atoms with Crippen LogP contribution < -0.4 is 16.4 Å². The Morgan fingerprint density at radius 2 is 2.00 bits per heavy atom. The Morgan fingerprint density at radius 1 is 1.21 bits per heavy atom. The molecule has 1 amide bonds. The zero-order valence-electron chi connectivity index (χ0n) is 18.1. The number of halogens is 1. The van der Waals surface area contributed by atoms with E-state index in [-0.39, 0.29) is 17.6 Å². The monoisotopic (exact) mass is 449 g/mol. The minimum absolute atomic E-state index is 0.000472. The third-order valence-electron chi connectivity index (χ3n) is 7.10. The number of anilines is 3. The number of aliphatic hydroxyl groups excluding tert-OH is 1. The summed E-state index contributed by atoms with van der Waals surface area (Å²) in [6.45, 7) is 1.97. The van der Waals surface area contributed by atoms with Crippen LogP contribution in [0.25, 0.3) is 21.9 Å². The van der Waals surface area contributed by atoms with Crippen molar-refractivity contribution in [2.45, 2.75) is 56.8 Å². The number of ether oxygens (including phenoxy) is 1. The third-order valence-corrected chi connectivity index (χ3v) is 7.10. The van der Waals surface area contributed by atoms with Crippen molar-refractivity contribution in [3.63, 3.8) is 0 Å². The van der Waals surface area contributed by atoms with Crippen LogP contribution in [-0.2, 0) is 4.74 Å². The number of benzene rings is 1. The number of carbonyl (C=O) groups excluding carboxylic acids is 1. The van der Waals surface area contributed by atoms with E-state index in [1.54, 1.807) is 18.3 Å². The van der Waals surface area contributed by atoms with E-state index in [9.17, 15) is 9.90 Å². The van der Waals surface area contributed by atoms with Gasteiger partial charge in [-0.2, -0.15) is 0 Å². The zero-order chi connectivity index (χ0) is 22.9. The van der Waals surface area contributed by atoms with Gasteiger partial charge in [0.2, 0.25) is 0 Å². The largest absolute Gasteiger partial charge is 0.446 e. The maximum atomic E-state index is 15.3. The molecule has 0 atom stereocenters. The molecule has 2 aromatic heterocycles. The highest BCUT2D eigenvalue weighted by Gasteiger charge is 2.39. The number of aromatic nitrogens is 2. The molecule has 2 aliphatic carbocycles. The van der Waals surface area contributed by atoms with Crippen molar-refractivity contribution in [1.82, 2.24) is 9.97 Å². The minimum Gasteiger partial charge on any atom is -0.446 e. The summed E-state index contributed by atoms with van der Waals surface area (Å²) in [4.78, 5) is 21.0. The van der Waals surface area contributed by atoms with Crippen molar-refractivity contribution in [3.8, 4) is 11.1 Å². The van der Waals surface area contributed by atoms with E-state index in [0.717, 1.165) is 29.8 Å². The SMILES string of the molecule is Cc1c(-c2cc3cc(NC(=O)OC4CC(O)C4)ncc3c(N)c2F)cnc2c1NC1CC2C1. The van der Waals surface area contributed by atoms with E-state index in [2.05, 4.69) is 20.6 Å². The Balaban J connectivity index is 1.34. The molecule has 5 N–H and O–H groups in total. The highest BCUT2D eigenvalue weighted by Crippen LogP contribution is 2.48. The number of rotatable bonds is 3. The maximum absolute atomic E-state index is 15.3. The van der Waals surface area contributed by atoms with Gasteiger partial charge in [0, 0.05) is 53.7 Å². The van der Waals surface area contributed by atoms with Crippen molar-refractivity contribution in [2.24, 2.45) is 0 Å². The molecule has 8 nitrogen and oxygen atoms in total. The molecule has 0 radical (unpaired) electrons. The standard InChI is InChI=1S/C24H24FN5O3/c1-10-17(8-28-23-12-2-13(3-12)29-22(10)23)16-4-11-5-19(27-9-18(11)21(26)20(16)25)30-24(32)33-15-6-14(31)7-15/h4-5,8-9,12-15,29,31H,2-3,6-7,26H2,1H3,(H,27,30,32). The van der Waals surface area contributed by atoms with Crippen LogP contribution in [0.4, 0.5) is 26.4 Å². The highest BCUT2D eigenvalue weighted by molar-refractivity contribution is 5.99. The number of aliphatic hydroxyl groups is 1. The normalized spacial score (nSPS) is 24.8. The molecule has 170 valence electrons. The van der Waals surface area contributed by atoms with E-state index in [1.165, 1.54) is 6.20 Å². The first kappa shape index (κ1) is 20.2. The Hall–Kier alpha value is -3.46. The number of carbonyl (C=O) groups is 1. The summed E-state index contributed by atoms with van der Waals surface area (Å²) in [5, 5.41) is 16.6. The molecular formula is C24H24FN5O3. The molecule has 4 aliphatic rings. The van der Waals surface area contributed by atoms with Gasteiger partial charge in [-0.1, -0.05) is 0 Å². The summed E-state index contributed by atoms with van der Waals surface area (Å²) in [7, 11) is 0. The summed E-state index contributed by atoms with van der Waals surface area (Å²) in [5.74, 6) is 0.235. The lowest BCUT2D eigenvalue weighted by Crippen LogP contribution is -2.40. The fraction of sp³-hybridized carbons (Fsp3) is 0.375. The minimum atomic E-state index is -0.645. The molecule has 7 rings (SSSR count). The van der Waals surface area contributed by atoms with E-state index in [1.807, 2.05) is 6.92 Å². The molecule has 0 unspecified atom stereocenters. The molecular weight excluding hydrogens is 425 g/mol. The number of nitrogens with zero attached hydrogens (tertiary/aromatic N) is 2. The van der Waals surface area contributed by atoms with Gasteiger partial charge in [-0.05, 0) is 42.8 Å². The molecule has 2 saturated carbocycles. The fourth-order valence-electron chi connectivity index (χ4n) is 5.03. The quantitative estimate of drug-likeness (QED) is 0.445. The van der Waals surface area contributed by atoms with Gasteiger partial charge in [0.25, 0.3) is 0 Å². The van der Waals surface area contributed by atoms with Gasteiger partial charge in [0.05, 0.1) is 23.2 Å². The van der Waals surface area contributed by atoms with E-state index < -0.39 is 18.0 Å². The topological polar surface area (TPSA) is 122 Å². The van der Waals surface area contributed by atoms with Crippen molar-refractivity contribution in [2.75, 3.05) is 16.4 Å². The number of nitrogens with one attached hydrogen (secondary N) is 2. The maximum Gasteiger partial charge on any atom is 0.413 e. The van der Waals surface area contributed by atoms with Crippen LogP contribution in [-0.4, -0.2) is 39.4 Å². The van der Waals surface area contributed by atoms with Crippen LogP contribution in [0, 0.1) is 12.7 Å². The highest BCUT2D eigenvalue weighted by atomic mass is 19.1. The molecule has 9 heteroatoms. The van der Waals surface area contributed by atoms with Gasteiger partial charge in [0.1, 0.15) is 11.9 Å². The van der Waals surface area contributed by atoms with E-state index in [4.69, 9.17) is 10.5 Å². The first-order valence-electron chi connectivity index (χ1n) is 11.2. The second-order valence-electron chi connectivity index (χ2n) is 9.29. The number of amides is 1.